The Hall–Kier alpha value is -1.58. The Morgan fingerprint density at radius 3 is 2.50 bits per heavy atom. The van der Waals surface area contributed by atoms with Crippen molar-refractivity contribution in [2.45, 2.75) is 51.6 Å². The molecule has 1 saturated heterocycles. The number of likely N-dealkylation sites (tertiary alicyclic amines) is 1. The van der Waals surface area contributed by atoms with Crippen molar-refractivity contribution in [2.24, 2.45) is 0 Å². The quantitative estimate of drug-likeness (QED) is 0.789. The van der Waals surface area contributed by atoms with Crippen LogP contribution in [0.15, 0.2) is 24.5 Å². The number of carbonyl (C=O) groups excluding carboxylic acids is 1. The number of rotatable bonds is 1. The number of hydrogen-bond acceptors (Lipinski definition) is 3. The maximum atomic E-state index is 12.1. The molecule has 4 heteroatoms. The van der Waals surface area contributed by atoms with E-state index in [9.17, 15) is 4.79 Å². The van der Waals surface area contributed by atoms with Crippen LogP contribution in [0.25, 0.3) is 0 Å². The number of hydrogen-bond donors (Lipinski definition) is 0. The average molecular weight is 276 g/mol. The molecule has 0 atom stereocenters. The summed E-state index contributed by atoms with van der Waals surface area (Å²) >= 11 is 0. The zero-order valence-corrected chi connectivity index (χ0v) is 12.8. The van der Waals surface area contributed by atoms with E-state index in [0.29, 0.717) is 0 Å². The number of ether oxygens (including phenoxy) is 1. The lowest BCUT2D eigenvalue weighted by molar-refractivity contribution is 0.0172. The molecule has 0 bridgehead atoms. The lowest BCUT2D eigenvalue weighted by atomic mass is 9.75. The number of pyridine rings is 1. The summed E-state index contributed by atoms with van der Waals surface area (Å²) in [5.74, 6) is 0. The third kappa shape index (κ3) is 3.50. The van der Waals surface area contributed by atoms with Gasteiger partial charge in [-0.2, -0.15) is 0 Å². The number of piperidine rings is 1. The smallest absolute Gasteiger partial charge is 0.410 e. The fourth-order valence-electron chi connectivity index (χ4n) is 2.52. The number of amides is 1. The maximum absolute atomic E-state index is 12.1. The van der Waals surface area contributed by atoms with Gasteiger partial charge < -0.3 is 9.64 Å². The summed E-state index contributed by atoms with van der Waals surface area (Å²) in [6.45, 7) is 9.41. The first-order chi connectivity index (χ1) is 9.30. The first-order valence-electron chi connectivity index (χ1n) is 7.19. The fraction of sp³-hybridized carbons (Fsp3) is 0.625. The van der Waals surface area contributed by atoms with Gasteiger partial charge in [-0.05, 0) is 50.7 Å². The van der Waals surface area contributed by atoms with E-state index in [-0.39, 0.29) is 11.5 Å². The lowest BCUT2D eigenvalue weighted by Crippen LogP contribution is -2.45. The molecule has 2 heterocycles. The Morgan fingerprint density at radius 2 is 2.00 bits per heavy atom. The van der Waals surface area contributed by atoms with Crippen molar-refractivity contribution < 1.29 is 9.53 Å². The molecule has 1 aliphatic rings. The summed E-state index contributed by atoms with van der Waals surface area (Å²) in [4.78, 5) is 18.1. The molecule has 1 aliphatic heterocycles. The highest BCUT2D eigenvalue weighted by Crippen LogP contribution is 2.34. The van der Waals surface area contributed by atoms with Crippen molar-refractivity contribution in [1.82, 2.24) is 9.88 Å². The van der Waals surface area contributed by atoms with E-state index in [4.69, 9.17) is 4.74 Å². The lowest BCUT2D eigenvalue weighted by Gasteiger charge is -2.39. The number of aromatic nitrogens is 1. The largest absolute Gasteiger partial charge is 0.444 e. The third-order valence-corrected chi connectivity index (χ3v) is 3.88. The predicted octanol–water partition coefficient (Wildman–Crippen LogP) is 3.37. The van der Waals surface area contributed by atoms with Crippen molar-refractivity contribution in [3.8, 4) is 0 Å². The van der Waals surface area contributed by atoms with Crippen molar-refractivity contribution in [1.29, 1.82) is 0 Å². The van der Waals surface area contributed by atoms with Gasteiger partial charge in [0.1, 0.15) is 5.60 Å². The molecule has 0 radical (unpaired) electrons. The summed E-state index contributed by atoms with van der Waals surface area (Å²) in [7, 11) is 0. The second-order valence-electron chi connectivity index (χ2n) is 6.77. The van der Waals surface area contributed by atoms with Gasteiger partial charge in [-0.3, -0.25) is 4.98 Å². The van der Waals surface area contributed by atoms with Crippen molar-refractivity contribution >= 4 is 6.09 Å². The first-order valence-corrected chi connectivity index (χ1v) is 7.19. The van der Waals surface area contributed by atoms with Crippen LogP contribution in [-0.2, 0) is 10.2 Å². The van der Waals surface area contributed by atoms with Crippen LogP contribution in [-0.4, -0.2) is 34.7 Å². The van der Waals surface area contributed by atoms with Gasteiger partial charge in [0, 0.05) is 25.5 Å². The molecule has 2 rings (SSSR count). The van der Waals surface area contributed by atoms with Gasteiger partial charge in [0.15, 0.2) is 0 Å². The molecular formula is C16H24N2O2. The van der Waals surface area contributed by atoms with E-state index in [0.717, 1.165) is 25.9 Å². The van der Waals surface area contributed by atoms with Gasteiger partial charge in [0.2, 0.25) is 0 Å². The molecule has 0 unspecified atom stereocenters. The topological polar surface area (TPSA) is 42.4 Å². The van der Waals surface area contributed by atoms with Crippen molar-refractivity contribution in [3.63, 3.8) is 0 Å². The molecule has 1 aromatic heterocycles. The van der Waals surface area contributed by atoms with Crippen LogP contribution in [0, 0.1) is 0 Å². The number of nitrogens with zero attached hydrogens (tertiary/aromatic N) is 2. The molecule has 4 nitrogen and oxygen atoms in total. The molecule has 1 amide bonds. The minimum atomic E-state index is -0.429. The molecule has 20 heavy (non-hydrogen) atoms. The van der Waals surface area contributed by atoms with Gasteiger partial charge in [0.05, 0.1) is 0 Å². The minimum absolute atomic E-state index is 0.104. The summed E-state index contributed by atoms with van der Waals surface area (Å²) in [5, 5.41) is 0. The predicted molar refractivity (Wildman–Crippen MR) is 78.6 cm³/mol. The van der Waals surface area contributed by atoms with Gasteiger partial charge in [0.25, 0.3) is 0 Å². The van der Waals surface area contributed by atoms with Gasteiger partial charge in [-0.15, -0.1) is 0 Å². The molecule has 1 aromatic rings. The van der Waals surface area contributed by atoms with E-state index in [1.807, 2.05) is 37.9 Å². The van der Waals surface area contributed by atoms with Gasteiger partial charge in [-0.25, -0.2) is 4.79 Å². The average Bonchev–Trinajstić information content (AvgIpc) is 2.38. The molecule has 0 saturated carbocycles. The molecule has 0 aromatic carbocycles. The molecular weight excluding hydrogens is 252 g/mol. The Labute approximate surface area is 121 Å². The number of carbonyl (C=O) groups is 1. The van der Waals surface area contributed by atoms with E-state index < -0.39 is 5.60 Å². The van der Waals surface area contributed by atoms with Gasteiger partial charge in [-0.1, -0.05) is 13.0 Å². The zero-order chi connectivity index (χ0) is 14.8. The van der Waals surface area contributed by atoms with Crippen molar-refractivity contribution in [3.05, 3.63) is 30.1 Å². The van der Waals surface area contributed by atoms with E-state index >= 15 is 0 Å². The Kier molecular flexibility index (Phi) is 4.02. The van der Waals surface area contributed by atoms with Crippen LogP contribution in [0.1, 0.15) is 46.1 Å². The second kappa shape index (κ2) is 5.43. The van der Waals surface area contributed by atoms with Crippen LogP contribution in [0.2, 0.25) is 0 Å². The van der Waals surface area contributed by atoms with Crippen LogP contribution in [0.4, 0.5) is 4.79 Å². The highest BCUT2D eigenvalue weighted by atomic mass is 16.6. The summed E-state index contributed by atoms with van der Waals surface area (Å²) in [6.07, 6.45) is 5.41. The molecule has 110 valence electrons. The Bertz CT molecular complexity index is 457. The molecule has 0 N–H and O–H groups in total. The van der Waals surface area contributed by atoms with Crippen LogP contribution < -0.4 is 0 Å². The van der Waals surface area contributed by atoms with Crippen LogP contribution in [0.3, 0.4) is 0 Å². The van der Waals surface area contributed by atoms with Crippen LogP contribution in [0.5, 0.6) is 0 Å². The zero-order valence-electron chi connectivity index (χ0n) is 12.8. The van der Waals surface area contributed by atoms with E-state index in [1.54, 1.807) is 6.20 Å². The summed E-state index contributed by atoms with van der Waals surface area (Å²) < 4.78 is 5.43. The van der Waals surface area contributed by atoms with Gasteiger partial charge >= 0.3 is 6.09 Å². The molecule has 0 spiro atoms. The monoisotopic (exact) mass is 276 g/mol. The van der Waals surface area contributed by atoms with Crippen LogP contribution >= 0.6 is 0 Å². The Morgan fingerprint density at radius 1 is 1.35 bits per heavy atom. The third-order valence-electron chi connectivity index (χ3n) is 3.88. The highest BCUT2D eigenvalue weighted by Gasteiger charge is 2.34. The minimum Gasteiger partial charge on any atom is -0.444 e. The Balaban J connectivity index is 1.97. The SMILES string of the molecule is CC(C)(C)OC(=O)N1CCC(C)(c2cccnc2)CC1. The fourth-order valence-corrected chi connectivity index (χ4v) is 2.52. The normalized spacial score (nSPS) is 18.7. The maximum Gasteiger partial charge on any atom is 0.410 e. The standard InChI is InChI=1S/C16H24N2O2/c1-15(2,3)20-14(19)18-10-7-16(4,8-11-18)13-6-5-9-17-12-13/h5-6,9,12H,7-8,10-11H2,1-4H3. The van der Waals surface area contributed by atoms with E-state index in [2.05, 4.69) is 18.0 Å². The molecule has 1 fully saturated rings. The first kappa shape index (κ1) is 14.8. The summed E-state index contributed by atoms with van der Waals surface area (Å²) in [6, 6.07) is 4.09. The summed E-state index contributed by atoms with van der Waals surface area (Å²) in [5.41, 5.74) is 0.928. The highest BCUT2D eigenvalue weighted by molar-refractivity contribution is 5.68. The molecule has 0 aliphatic carbocycles. The second-order valence-corrected chi connectivity index (χ2v) is 6.77. The van der Waals surface area contributed by atoms with E-state index in [1.165, 1.54) is 5.56 Å². The van der Waals surface area contributed by atoms with Crippen molar-refractivity contribution in [2.75, 3.05) is 13.1 Å².